The maximum absolute atomic E-state index is 11.5. The van der Waals surface area contributed by atoms with E-state index in [2.05, 4.69) is 10.6 Å². The average molecular weight is 257 g/mol. The molecule has 0 fully saturated rings. The van der Waals surface area contributed by atoms with Gasteiger partial charge in [0.25, 0.3) is 0 Å². The van der Waals surface area contributed by atoms with Crippen LogP contribution in [0.5, 0.6) is 5.75 Å². The number of hydrogen-bond donors (Lipinski definition) is 2. The van der Waals surface area contributed by atoms with Crippen LogP contribution < -0.4 is 15.4 Å². The Morgan fingerprint density at radius 1 is 1.47 bits per heavy atom. The van der Waals surface area contributed by atoms with Crippen molar-refractivity contribution >= 4 is 23.2 Å². The van der Waals surface area contributed by atoms with E-state index in [-0.39, 0.29) is 5.91 Å². The molecule has 0 aliphatic heterocycles. The molecule has 0 bridgehead atoms. The highest BCUT2D eigenvalue weighted by molar-refractivity contribution is 6.32. The minimum Gasteiger partial charge on any atom is -0.495 e. The van der Waals surface area contributed by atoms with E-state index in [1.54, 1.807) is 18.2 Å². The third kappa shape index (κ3) is 4.63. The molecule has 1 aromatic rings. The summed E-state index contributed by atoms with van der Waals surface area (Å²) >= 11 is 5.89. The monoisotopic (exact) mass is 256 g/mol. The lowest BCUT2D eigenvalue weighted by Gasteiger charge is -2.08. The number of ether oxygens (including phenoxy) is 1. The van der Waals surface area contributed by atoms with Crippen LogP contribution in [-0.4, -0.2) is 26.1 Å². The number of halogens is 1. The second-order valence-corrected chi connectivity index (χ2v) is 3.91. The molecule has 0 radical (unpaired) electrons. The smallest absolute Gasteiger partial charge is 0.225 e. The van der Waals surface area contributed by atoms with Gasteiger partial charge in [-0.1, -0.05) is 18.5 Å². The number of nitrogens with one attached hydrogen (secondary N) is 2. The molecule has 94 valence electrons. The quantitative estimate of drug-likeness (QED) is 0.768. The lowest BCUT2D eigenvalue weighted by molar-refractivity contribution is -0.116. The molecule has 0 unspecified atom stereocenters. The van der Waals surface area contributed by atoms with Gasteiger partial charge in [0.15, 0.2) is 0 Å². The van der Waals surface area contributed by atoms with Crippen molar-refractivity contribution in [2.45, 2.75) is 13.3 Å². The van der Waals surface area contributed by atoms with Gasteiger partial charge in [-0.3, -0.25) is 4.79 Å². The number of rotatable bonds is 6. The minimum absolute atomic E-state index is 0.0321. The summed E-state index contributed by atoms with van der Waals surface area (Å²) in [4.78, 5) is 11.5. The van der Waals surface area contributed by atoms with Crippen LogP contribution in [0.4, 0.5) is 5.69 Å². The van der Waals surface area contributed by atoms with Gasteiger partial charge < -0.3 is 15.4 Å². The first-order valence-corrected chi connectivity index (χ1v) is 5.89. The van der Waals surface area contributed by atoms with Crippen LogP contribution in [0.3, 0.4) is 0 Å². The van der Waals surface area contributed by atoms with Crippen molar-refractivity contribution in [2.75, 3.05) is 25.5 Å². The molecular weight excluding hydrogens is 240 g/mol. The molecular formula is C12H17ClN2O2. The second-order valence-electron chi connectivity index (χ2n) is 3.50. The molecule has 0 aliphatic rings. The fraction of sp³-hybridized carbons (Fsp3) is 0.417. The molecule has 0 saturated carbocycles. The van der Waals surface area contributed by atoms with Crippen LogP contribution in [-0.2, 0) is 4.79 Å². The maximum Gasteiger partial charge on any atom is 0.225 e. The molecule has 0 heterocycles. The summed E-state index contributed by atoms with van der Waals surface area (Å²) in [5, 5.41) is 6.40. The Kier molecular flexibility index (Phi) is 5.80. The van der Waals surface area contributed by atoms with Gasteiger partial charge in [-0.2, -0.15) is 0 Å². The minimum atomic E-state index is -0.0321. The van der Waals surface area contributed by atoms with Gasteiger partial charge in [-0.05, 0) is 18.7 Å². The highest BCUT2D eigenvalue weighted by Gasteiger charge is 2.05. The Morgan fingerprint density at radius 3 is 2.88 bits per heavy atom. The number of methoxy groups -OCH3 is 1. The summed E-state index contributed by atoms with van der Waals surface area (Å²) in [6, 6.07) is 5.14. The molecule has 17 heavy (non-hydrogen) atoms. The largest absolute Gasteiger partial charge is 0.495 e. The second kappa shape index (κ2) is 7.14. The number of benzene rings is 1. The van der Waals surface area contributed by atoms with E-state index in [1.807, 2.05) is 6.92 Å². The van der Waals surface area contributed by atoms with Crippen molar-refractivity contribution in [1.82, 2.24) is 5.32 Å². The van der Waals surface area contributed by atoms with Crippen LogP contribution in [0.1, 0.15) is 13.3 Å². The highest BCUT2D eigenvalue weighted by Crippen LogP contribution is 2.27. The van der Waals surface area contributed by atoms with Gasteiger partial charge in [-0.25, -0.2) is 0 Å². The van der Waals surface area contributed by atoms with Crippen molar-refractivity contribution < 1.29 is 9.53 Å². The Balaban J connectivity index is 2.53. The van der Waals surface area contributed by atoms with Crippen LogP contribution in [0.15, 0.2) is 18.2 Å². The van der Waals surface area contributed by atoms with Gasteiger partial charge in [0, 0.05) is 24.7 Å². The van der Waals surface area contributed by atoms with Crippen LogP contribution in [0, 0.1) is 0 Å². The first-order valence-electron chi connectivity index (χ1n) is 5.51. The third-order valence-corrected chi connectivity index (χ3v) is 2.53. The molecule has 0 atom stereocenters. The number of anilines is 1. The number of amides is 1. The Morgan fingerprint density at radius 2 is 2.24 bits per heavy atom. The molecule has 2 N–H and O–H groups in total. The summed E-state index contributed by atoms with van der Waals surface area (Å²) < 4.78 is 5.07. The molecule has 1 rings (SSSR count). The van der Waals surface area contributed by atoms with Gasteiger partial charge >= 0.3 is 0 Å². The van der Waals surface area contributed by atoms with E-state index in [0.717, 1.165) is 6.54 Å². The fourth-order valence-electron chi connectivity index (χ4n) is 1.34. The van der Waals surface area contributed by atoms with Gasteiger partial charge in [0.1, 0.15) is 5.75 Å². The molecule has 4 nitrogen and oxygen atoms in total. The number of hydrogen-bond acceptors (Lipinski definition) is 3. The van der Waals surface area contributed by atoms with Gasteiger partial charge in [0.2, 0.25) is 5.91 Å². The molecule has 0 aromatic heterocycles. The fourth-order valence-corrected chi connectivity index (χ4v) is 1.53. The Labute approximate surface area is 106 Å². The zero-order valence-corrected chi connectivity index (χ0v) is 10.8. The van der Waals surface area contributed by atoms with Gasteiger partial charge in [-0.15, -0.1) is 0 Å². The van der Waals surface area contributed by atoms with Crippen LogP contribution in [0.2, 0.25) is 5.02 Å². The lowest BCUT2D eigenvalue weighted by Crippen LogP contribution is -2.21. The predicted octanol–water partition coefficient (Wildman–Crippen LogP) is 2.29. The normalized spacial score (nSPS) is 10.1. The molecule has 1 aromatic carbocycles. The molecule has 5 heteroatoms. The Bertz CT molecular complexity index is 383. The summed E-state index contributed by atoms with van der Waals surface area (Å²) in [6.07, 6.45) is 0.443. The van der Waals surface area contributed by atoms with E-state index in [4.69, 9.17) is 16.3 Å². The summed E-state index contributed by atoms with van der Waals surface area (Å²) in [6.45, 7) is 3.54. The van der Waals surface area contributed by atoms with E-state index < -0.39 is 0 Å². The first kappa shape index (κ1) is 13.8. The van der Waals surface area contributed by atoms with Crippen molar-refractivity contribution in [2.24, 2.45) is 0 Å². The van der Waals surface area contributed by atoms with Crippen molar-refractivity contribution in [3.8, 4) is 5.75 Å². The third-order valence-electron chi connectivity index (χ3n) is 2.21. The van der Waals surface area contributed by atoms with E-state index in [1.165, 1.54) is 7.11 Å². The average Bonchev–Trinajstić information content (AvgIpc) is 2.32. The van der Waals surface area contributed by atoms with Crippen molar-refractivity contribution in [1.29, 1.82) is 0 Å². The van der Waals surface area contributed by atoms with Crippen LogP contribution >= 0.6 is 11.6 Å². The molecule has 0 spiro atoms. The summed E-state index contributed by atoms with van der Waals surface area (Å²) in [5.74, 6) is 0.520. The lowest BCUT2D eigenvalue weighted by atomic mass is 10.3. The molecule has 1 amide bonds. The van der Waals surface area contributed by atoms with Crippen molar-refractivity contribution in [3.05, 3.63) is 23.2 Å². The predicted molar refractivity (Wildman–Crippen MR) is 69.8 cm³/mol. The highest BCUT2D eigenvalue weighted by atomic mass is 35.5. The van der Waals surface area contributed by atoms with E-state index in [9.17, 15) is 4.79 Å². The topological polar surface area (TPSA) is 50.4 Å². The number of carbonyl (C=O) groups excluding carboxylic acids is 1. The van der Waals surface area contributed by atoms with E-state index >= 15 is 0 Å². The Hall–Kier alpha value is -1.26. The SMILES string of the molecule is CCNCCC(=O)Nc1ccc(Cl)c(OC)c1. The first-order chi connectivity index (χ1) is 8.17. The van der Waals surface area contributed by atoms with Gasteiger partial charge in [0.05, 0.1) is 12.1 Å². The van der Waals surface area contributed by atoms with Crippen LogP contribution in [0.25, 0.3) is 0 Å². The molecule has 0 aliphatic carbocycles. The van der Waals surface area contributed by atoms with Crippen molar-refractivity contribution in [3.63, 3.8) is 0 Å². The van der Waals surface area contributed by atoms with E-state index in [0.29, 0.717) is 29.4 Å². The molecule has 0 saturated heterocycles. The summed E-state index contributed by atoms with van der Waals surface area (Å²) in [5.41, 5.74) is 0.688. The zero-order chi connectivity index (χ0) is 12.7. The summed E-state index contributed by atoms with van der Waals surface area (Å²) in [7, 11) is 1.54. The standard InChI is InChI=1S/C12H17ClN2O2/c1-3-14-7-6-12(16)15-9-4-5-10(13)11(8-9)17-2/h4-5,8,14H,3,6-7H2,1-2H3,(H,15,16). The number of carbonyl (C=O) groups is 1. The maximum atomic E-state index is 11.5. The zero-order valence-electron chi connectivity index (χ0n) is 10.0.